The van der Waals surface area contributed by atoms with Crippen molar-refractivity contribution in [2.75, 3.05) is 20.8 Å². The van der Waals surface area contributed by atoms with Gasteiger partial charge in [0.05, 0.1) is 14.2 Å². The van der Waals surface area contributed by atoms with Crippen molar-refractivity contribution in [1.82, 2.24) is 4.90 Å². The Morgan fingerprint density at radius 2 is 1.38 bits per heavy atom. The van der Waals surface area contributed by atoms with E-state index >= 15 is 0 Å². The second-order valence-electron chi connectivity index (χ2n) is 6.95. The third-order valence-electron chi connectivity index (χ3n) is 4.64. The van der Waals surface area contributed by atoms with Crippen LogP contribution in [-0.2, 0) is 9.32 Å². The molecule has 0 radical (unpaired) electrons. The maximum Gasteiger partial charge on any atom is 0.314 e. The zero-order valence-corrected chi connectivity index (χ0v) is 16.4. The maximum absolute atomic E-state index is 12.9. The van der Waals surface area contributed by atoms with Crippen LogP contribution in [0, 0.1) is 10.8 Å². The molecule has 1 aromatic carbocycles. The van der Waals surface area contributed by atoms with Crippen LogP contribution in [0.15, 0.2) is 24.3 Å². The first-order chi connectivity index (χ1) is 11.0. The topological polar surface area (TPSA) is 63.7 Å². The van der Waals surface area contributed by atoms with Crippen LogP contribution in [0.4, 0.5) is 0 Å². The summed E-state index contributed by atoms with van der Waals surface area (Å²) in [5.41, 5.74) is -0.933. The Morgan fingerprint density at radius 1 is 0.917 bits per heavy atom. The molecule has 5 nitrogen and oxygen atoms in total. The van der Waals surface area contributed by atoms with Gasteiger partial charge in [0, 0.05) is 30.6 Å². The highest BCUT2D eigenvalue weighted by atomic mass is 31.1. The SMILES string of the molecule is CPOC(=O)C(C)(C)C(C)(C)C(=O)c1ccc(C(=O)N(C)C)cc1. The fourth-order valence-corrected chi connectivity index (χ4v) is 2.58. The van der Waals surface area contributed by atoms with E-state index in [9.17, 15) is 14.4 Å². The van der Waals surface area contributed by atoms with E-state index in [0.717, 1.165) is 0 Å². The van der Waals surface area contributed by atoms with Crippen molar-refractivity contribution in [3.63, 3.8) is 0 Å². The highest BCUT2D eigenvalue weighted by molar-refractivity contribution is 7.31. The van der Waals surface area contributed by atoms with E-state index in [2.05, 4.69) is 0 Å². The van der Waals surface area contributed by atoms with Gasteiger partial charge in [-0.25, -0.2) is 0 Å². The summed E-state index contributed by atoms with van der Waals surface area (Å²) in [6.07, 6.45) is 0. The van der Waals surface area contributed by atoms with Crippen LogP contribution >= 0.6 is 8.81 Å². The number of hydrogen-bond donors (Lipinski definition) is 0. The first-order valence-corrected chi connectivity index (χ1v) is 9.12. The van der Waals surface area contributed by atoms with Gasteiger partial charge in [0.1, 0.15) is 0 Å². The van der Waals surface area contributed by atoms with Gasteiger partial charge in [0.25, 0.3) is 5.91 Å². The van der Waals surface area contributed by atoms with Gasteiger partial charge in [-0.05, 0) is 32.6 Å². The van der Waals surface area contributed by atoms with Crippen molar-refractivity contribution in [1.29, 1.82) is 0 Å². The van der Waals surface area contributed by atoms with Crippen LogP contribution < -0.4 is 0 Å². The molecule has 0 heterocycles. The summed E-state index contributed by atoms with van der Waals surface area (Å²) in [5, 5.41) is 0. The molecule has 0 aliphatic heterocycles. The quantitative estimate of drug-likeness (QED) is 0.582. The van der Waals surface area contributed by atoms with Crippen LogP contribution in [0.1, 0.15) is 48.4 Å². The summed E-state index contributed by atoms with van der Waals surface area (Å²) in [6.45, 7) is 8.69. The number of amides is 1. The van der Waals surface area contributed by atoms with Gasteiger partial charge in [0.2, 0.25) is 0 Å². The number of carbonyl (C=O) groups excluding carboxylic acids is 3. The highest BCUT2D eigenvalue weighted by Gasteiger charge is 2.49. The molecule has 132 valence electrons. The van der Waals surface area contributed by atoms with E-state index in [1.807, 2.05) is 0 Å². The largest absolute Gasteiger partial charge is 0.448 e. The van der Waals surface area contributed by atoms with Crippen LogP contribution in [0.5, 0.6) is 0 Å². The molecule has 1 atom stereocenters. The summed E-state index contributed by atoms with van der Waals surface area (Å²) in [6, 6.07) is 6.52. The molecule has 0 aliphatic carbocycles. The predicted octanol–water partition coefficient (Wildman–Crippen LogP) is 3.39. The van der Waals surface area contributed by atoms with E-state index in [1.54, 1.807) is 72.7 Å². The first-order valence-electron chi connectivity index (χ1n) is 7.71. The molecular formula is C18H26NO4P. The molecule has 1 aromatic rings. The van der Waals surface area contributed by atoms with E-state index in [0.29, 0.717) is 11.1 Å². The summed E-state index contributed by atoms with van der Waals surface area (Å²) in [7, 11) is 3.39. The Kier molecular flexibility index (Phi) is 6.29. The second-order valence-corrected chi connectivity index (χ2v) is 7.56. The average molecular weight is 351 g/mol. The van der Waals surface area contributed by atoms with Crippen molar-refractivity contribution in [2.24, 2.45) is 10.8 Å². The lowest BCUT2D eigenvalue weighted by molar-refractivity contribution is -0.147. The number of Topliss-reactive ketones (excluding diaryl/α,β-unsaturated/α-hetero) is 1. The number of carbonyl (C=O) groups is 3. The molecule has 6 heteroatoms. The monoisotopic (exact) mass is 351 g/mol. The molecule has 0 saturated heterocycles. The molecular weight excluding hydrogens is 325 g/mol. The molecule has 0 aliphatic rings. The minimum atomic E-state index is -0.967. The second kappa shape index (κ2) is 7.43. The number of rotatable bonds is 6. The van der Waals surface area contributed by atoms with E-state index < -0.39 is 10.8 Å². The lowest BCUT2D eigenvalue weighted by atomic mass is 9.64. The van der Waals surface area contributed by atoms with Crippen LogP contribution in [0.2, 0.25) is 0 Å². The zero-order valence-electron chi connectivity index (χ0n) is 15.4. The van der Waals surface area contributed by atoms with Gasteiger partial charge in [0.15, 0.2) is 5.78 Å². The van der Waals surface area contributed by atoms with E-state index in [1.165, 1.54) is 4.90 Å². The van der Waals surface area contributed by atoms with Crippen molar-refractivity contribution in [2.45, 2.75) is 27.7 Å². The number of benzene rings is 1. The smallest absolute Gasteiger partial charge is 0.314 e. The Labute approximate surface area is 145 Å². The van der Waals surface area contributed by atoms with E-state index in [4.69, 9.17) is 4.52 Å². The zero-order chi connectivity index (χ0) is 18.7. The van der Waals surface area contributed by atoms with Gasteiger partial charge in [-0.15, -0.1) is 0 Å². The number of ketones is 1. The summed E-state index contributed by atoms with van der Waals surface area (Å²) >= 11 is 0. The Hall–Kier alpha value is -1.74. The van der Waals surface area contributed by atoms with Gasteiger partial charge in [-0.2, -0.15) is 0 Å². The number of hydrogen-bond acceptors (Lipinski definition) is 4. The van der Waals surface area contributed by atoms with Gasteiger partial charge in [-0.1, -0.05) is 26.0 Å². The van der Waals surface area contributed by atoms with Gasteiger partial charge < -0.3 is 9.42 Å². The van der Waals surface area contributed by atoms with Crippen molar-refractivity contribution in [3.8, 4) is 0 Å². The molecule has 0 spiro atoms. The van der Waals surface area contributed by atoms with Crippen LogP contribution in [0.25, 0.3) is 0 Å². The van der Waals surface area contributed by atoms with Gasteiger partial charge >= 0.3 is 5.97 Å². The molecule has 0 saturated carbocycles. The first kappa shape index (κ1) is 20.3. The van der Waals surface area contributed by atoms with E-state index in [-0.39, 0.29) is 26.5 Å². The summed E-state index contributed by atoms with van der Waals surface area (Å²) < 4.78 is 5.14. The minimum Gasteiger partial charge on any atom is -0.448 e. The Balaban J connectivity index is 3.12. The third-order valence-corrected chi connectivity index (χ3v) is 5.02. The standard InChI is InChI=1S/C18H26NO4P/c1-17(2,18(3,4)16(22)23-24-7)14(20)12-8-10-13(11-9-12)15(21)19(5)6/h8-11,24H,1-7H3. The minimum absolute atomic E-state index is 0.0406. The fourth-order valence-electron chi connectivity index (χ4n) is 2.14. The van der Waals surface area contributed by atoms with Gasteiger partial charge in [-0.3, -0.25) is 14.4 Å². The van der Waals surface area contributed by atoms with Crippen molar-refractivity contribution >= 4 is 26.5 Å². The molecule has 0 fully saturated rings. The average Bonchev–Trinajstić information content (AvgIpc) is 2.53. The summed E-state index contributed by atoms with van der Waals surface area (Å²) in [5.74, 6) is -0.671. The van der Waals surface area contributed by atoms with Crippen molar-refractivity contribution < 1.29 is 18.9 Å². The Morgan fingerprint density at radius 3 is 1.79 bits per heavy atom. The summed E-state index contributed by atoms with van der Waals surface area (Å²) in [4.78, 5) is 38.6. The fraction of sp³-hybridized carbons (Fsp3) is 0.500. The molecule has 1 rings (SSSR count). The normalized spacial score (nSPS) is 12.3. The molecule has 1 unspecified atom stereocenters. The number of nitrogens with zero attached hydrogens (tertiary/aromatic N) is 1. The Bertz CT molecular complexity index is 633. The lowest BCUT2D eigenvalue weighted by Crippen LogP contribution is -2.45. The highest BCUT2D eigenvalue weighted by Crippen LogP contribution is 2.43. The lowest BCUT2D eigenvalue weighted by Gasteiger charge is -2.37. The van der Waals surface area contributed by atoms with Crippen LogP contribution in [0.3, 0.4) is 0 Å². The third kappa shape index (κ3) is 3.84. The molecule has 1 amide bonds. The predicted molar refractivity (Wildman–Crippen MR) is 96.7 cm³/mol. The molecule has 0 aromatic heterocycles. The van der Waals surface area contributed by atoms with Crippen molar-refractivity contribution in [3.05, 3.63) is 35.4 Å². The maximum atomic E-state index is 12.9. The molecule has 0 N–H and O–H groups in total. The van der Waals surface area contributed by atoms with Crippen LogP contribution in [-0.4, -0.2) is 43.3 Å². The molecule has 0 bridgehead atoms. The molecule has 24 heavy (non-hydrogen) atoms.